The normalized spacial score (nSPS) is 14.7. The van der Waals surface area contributed by atoms with Gasteiger partial charge in [0.2, 0.25) is 5.91 Å². The summed E-state index contributed by atoms with van der Waals surface area (Å²) < 4.78 is 5.19. The first-order chi connectivity index (χ1) is 13.5. The molecule has 28 heavy (non-hydrogen) atoms. The van der Waals surface area contributed by atoms with Gasteiger partial charge in [-0.15, -0.1) is 0 Å². The molecule has 2 N–H and O–H groups in total. The number of piperidine rings is 1. The van der Waals surface area contributed by atoms with Crippen LogP contribution in [0.2, 0.25) is 0 Å². The number of rotatable bonds is 7. The first kappa shape index (κ1) is 19.7. The number of anilines is 1. The molecule has 1 fully saturated rings. The zero-order valence-electron chi connectivity index (χ0n) is 16.0. The van der Waals surface area contributed by atoms with Crippen molar-refractivity contribution in [3.8, 4) is 5.75 Å². The molecule has 7 nitrogen and oxygen atoms in total. The number of methoxy groups -OCH3 is 1. The molecule has 0 saturated carbocycles. The van der Waals surface area contributed by atoms with E-state index in [2.05, 4.69) is 12.1 Å². The number of nitro groups is 1. The summed E-state index contributed by atoms with van der Waals surface area (Å²) in [5.74, 6) is 0.801. The van der Waals surface area contributed by atoms with Crippen LogP contribution in [-0.2, 0) is 6.42 Å². The summed E-state index contributed by atoms with van der Waals surface area (Å²) in [7, 11) is 1.66. The van der Waals surface area contributed by atoms with E-state index in [0.29, 0.717) is 11.6 Å². The van der Waals surface area contributed by atoms with Crippen molar-refractivity contribution in [1.29, 1.82) is 0 Å². The average molecular weight is 383 g/mol. The molecule has 3 rings (SSSR count). The van der Waals surface area contributed by atoms with E-state index >= 15 is 0 Å². The molecule has 7 heteroatoms. The van der Waals surface area contributed by atoms with Crippen molar-refractivity contribution in [3.05, 3.63) is 63.7 Å². The summed E-state index contributed by atoms with van der Waals surface area (Å²) in [5, 5.41) is 11.4. The Bertz CT molecular complexity index is 843. The van der Waals surface area contributed by atoms with E-state index in [-0.39, 0.29) is 11.3 Å². The first-order valence-electron chi connectivity index (χ1n) is 9.44. The Kier molecular flexibility index (Phi) is 6.13. The number of primary amides is 1. The highest BCUT2D eigenvalue weighted by molar-refractivity contribution is 5.94. The van der Waals surface area contributed by atoms with Crippen molar-refractivity contribution >= 4 is 17.3 Å². The molecule has 1 saturated heterocycles. The van der Waals surface area contributed by atoms with Crippen molar-refractivity contribution in [3.63, 3.8) is 0 Å². The van der Waals surface area contributed by atoms with Crippen molar-refractivity contribution in [2.45, 2.75) is 25.7 Å². The summed E-state index contributed by atoms with van der Waals surface area (Å²) in [6.07, 6.45) is 4.10. The van der Waals surface area contributed by atoms with Crippen molar-refractivity contribution < 1.29 is 14.5 Å². The monoisotopic (exact) mass is 383 g/mol. The number of hydrogen-bond acceptors (Lipinski definition) is 5. The van der Waals surface area contributed by atoms with Crippen molar-refractivity contribution in [2.75, 3.05) is 25.1 Å². The number of carbonyl (C=O) groups excluding carboxylic acids is 1. The highest BCUT2D eigenvalue weighted by atomic mass is 16.6. The smallest absolute Gasteiger partial charge is 0.293 e. The van der Waals surface area contributed by atoms with Gasteiger partial charge < -0.3 is 15.4 Å². The minimum absolute atomic E-state index is 0.0621. The van der Waals surface area contributed by atoms with Crippen LogP contribution in [0.15, 0.2) is 42.5 Å². The van der Waals surface area contributed by atoms with Gasteiger partial charge in [-0.05, 0) is 61.4 Å². The lowest BCUT2D eigenvalue weighted by atomic mass is 9.90. The van der Waals surface area contributed by atoms with Crippen LogP contribution in [0.4, 0.5) is 11.4 Å². The van der Waals surface area contributed by atoms with Crippen LogP contribution in [0.3, 0.4) is 0 Å². The molecule has 0 spiro atoms. The number of nitrogens with two attached hydrogens (primary N) is 1. The maximum Gasteiger partial charge on any atom is 0.293 e. The minimum Gasteiger partial charge on any atom is -0.497 e. The van der Waals surface area contributed by atoms with Crippen LogP contribution < -0.4 is 15.4 Å². The second-order valence-electron chi connectivity index (χ2n) is 7.14. The lowest BCUT2D eigenvalue weighted by molar-refractivity contribution is -0.384. The Balaban J connectivity index is 1.59. The van der Waals surface area contributed by atoms with Crippen LogP contribution in [0.1, 0.15) is 35.2 Å². The molecule has 0 atom stereocenters. The number of hydrogen-bond donors (Lipinski definition) is 1. The second kappa shape index (κ2) is 8.73. The molecule has 0 aromatic heterocycles. The molecule has 1 aliphatic rings. The molecule has 148 valence electrons. The predicted molar refractivity (Wildman–Crippen MR) is 108 cm³/mol. The Morgan fingerprint density at radius 3 is 2.46 bits per heavy atom. The number of benzene rings is 2. The van der Waals surface area contributed by atoms with Gasteiger partial charge in [0.1, 0.15) is 11.4 Å². The van der Waals surface area contributed by atoms with Gasteiger partial charge in [-0.25, -0.2) is 0 Å². The Hall–Kier alpha value is -3.09. The van der Waals surface area contributed by atoms with Crippen LogP contribution in [0, 0.1) is 16.0 Å². The highest BCUT2D eigenvalue weighted by Crippen LogP contribution is 2.33. The predicted octanol–water partition coefficient (Wildman–Crippen LogP) is 3.55. The fourth-order valence-corrected chi connectivity index (χ4v) is 3.72. The molecule has 2 aromatic rings. The van der Waals surface area contributed by atoms with Gasteiger partial charge in [-0.1, -0.05) is 12.1 Å². The molecule has 0 radical (unpaired) electrons. The lowest BCUT2D eigenvalue weighted by Gasteiger charge is -2.33. The Morgan fingerprint density at radius 1 is 1.21 bits per heavy atom. The standard InChI is InChI=1S/C21H25N3O4/c1-28-18-7-4-15(5-8-18)2-3-16-10-12-23(13-11-16)19-9-6-17(21(22)25)14-20(19)24(26)27/h4-9,14,16H,2-3,10-13H2,1H3,(H2,22,25). The van der Waals surface area contributed by atoms with Gasteiger partial charge in [0.15, 0.2) is 0 Å². The molecule has 0 aliphatic carbocycles. The molecule has 1 amide bonds. The number of nitro benzene ring substituents is 1. The summed E-state index contributed by atoms with van der Waals surface area (Å²) in [4.78, 5) is 24.3. The van der Waals surface area contributed by atoms with Gasteiger partial charge in [0.05, 0.1) is 12.0 Å². The molecule has 2 aromatic carbocycles. The van der Waals surface area contributed by atoms with E-state index in [4.69, 9.17) is 10.5 Å². The largest absolute Gasteiger partial charge is 0.497 e. The molecule has 1 aliphatic heterocycles. The van der Waals surface area contributed by atoms with E-state index in [1.54, 1.807) is 19.2 Å². The third kappa shape index (κ3) is 4.60. The maximum absolute atomic E-state index is 11.4. The maximum atomic E-state index is 11.4. The van der Waals surface area contributed by atoms with Crippen molar-refractivity contribution in [1.82, 2.24) is 0 Å². The number of nitrogens with zero attached hydrogens (tertiary/aromatic N) is 2. The summed E-state index contributed by atoms with van der Waals surface area (Å²) in [5.41, 5.74) is 7.19. The number of carbonyl (C=O) groups is 1. The van der Waals surface area contributed by atoms with Gasteiger partial charge in [0.25, 0.3) is 5.69 Å². The van der Waals surface area contributed by atoms with Crippen LogP contribution in [-0.4, -0.2) is 31.0 Å². The van der Waals surface area contributed by atoms with Crippen LogP contribution >= 0.6 is 0 Å². The van der Waals surface area contributed by atoms with Crippen LogP contribution in [0.25, 0.3) is 0 Å². The zero-order chi connectivity index (χ0) is 20.1. The number of ether oxygens (including phenoxy) is 1. The average Bonchev–Trinajstić information content (AvgIpc) is 2.72. The van der Waals surface area contributed by atoms with E-state index < -0.39 is 10.8 Å². The minimum atomic E-state index is -0.660. The second-order valence-corrected chi connectivity index (χ2v) is 7.14. The van der Waals surface area contributed by atoms with Gasteiger partial charge >= 0.3 is 0 Å². The van der Waals surface area contributed by atoms with Crippen molar-refractivity contribution in [2.24, 2.45) is 11.7 Å². The summed E-state index contributed by atoms with van der Waals surface area (Å²) in [6.45, 7) is 1.54. The quantitative estimate of drug-likeness (QED) is 0.582. The zero-order valence-corrected chi connectivity index (χ0v) is 16.0. The van der Waals surface area contributed by atoms with Gasteiger partial charge in [-0.2, -0.15) is 0 Å². The molecular weight excluding hydrogens is 358 g/mol. The first-order valence-corrected chi connectivity index (χ1v) is 9.44. The van der Waals surface area contributed by atoms with Gasteiger partial charge in [0, 0.05) is 24.7 Å². The Labute approximate surface area is 164 Å². The Morgan fingerprint density at radius 2 is 1.89 bits per heavy atom. The topological polar surface area (TPSA) is 98.7 Å². The number of aryl methyl sites for hydroxylation is 1. The SMILES string of the molecule is COc1ccc(CCC2CCN(c3ccc(C(N)=O)cc3[N+](=O)[O-])CC2)cc1. The van der Waals surface area contributed by atoms with E-state index in [0.717, 1.165) is 44.5 Å². The summed E-state index contributed by atoms with van der Waals surface area (Å²) in [6, 6.07) is 12.6. The highest BCUT2D eigenvalue weighted by Gasteiger charge is 2.25. The van der Waals surface area contributed by atoms with Gasteiger partial charge in [-0.3, -0.25) is 14.9 Å². The molecule has 0 unspecified atom stereocenters. The van der Waals surface area contributed by atoms with E-state index in [9.17, 15) is 14.9 Å². The third-order valence-corrected chi connectivity index (χ3v) is 5.41. The number of amides is 1. The fourth-order valence-electron chi connectivity index (χ4n) is 3.72. The fraction of sp³-hybridized carbons (Fsp3) is 0.381. The lowest BCUT2D eigenvalue weighted by Crippen LogP contribution is -2.34. The van der Waals surface area contributed by atoms with E-state index in [1.807, 2.05) is 17.0 Å². The van der Waals surface area contributed by atoms with Crippen LogP contribution in [0.5, 0.6) is 5.75 Å². The summed E-state index contributed by atoms with van der Waals surface area (Å²) >= 11 is 0. The van der Waals surface area contributed by atoms with E-state index in [1.165, 1.54) is 11.6 Å². The molecule has 1 heterocycles. The third-order valence-electron chi connectivity index (χ3n) is 5.41. The molecular formula is C21H25N3O4. The molecule has 0 bridgehead atoms.